The number of ether oxygens (including phenoxy) is 2. The summed E-state index contributed by atoms with van der Waals surface area (Å²) in [6.07, 6.45) is 1.80. The van der Waals surface area contributed by atoms with E-state index in [0.29, 0.717) is 16.5 Å². The van der Waals surface area contributed by atoms with Crippen molar-refractivity contribution in [1.29, 1.82) is 0 Å². The number of hydrogen-bond donors (Lipinski definition) is 1. The maximum Gasteiger partial charge on any atom is 0.271 e. The molecule has 0 saturated carbocycles. The van der Waals surface area contributed by atoms with Crippen molar-refractivity contribution in [3.05, 3.63) is 81.4 Å². The molecular weight excluding hydrogens is 504 g/mol. The molecule has 10 nitrogen and oxygen atoms in total. The van der Waals surface area contributed by atoms with Gasteiger partial charge in [-0.1, -0.05) is 6.07 Å². The number of nitrogens with one attached hydrogen (secondary N) is 1. The number of morpholine rings is 1. The molecule has 0 aliphatic carbocycles. The number of nitro groups is 1. The number of nitro benzene ring substituents is 1. The molecular formula is C27H32N6O4S. The summed E-state index contributed by atoms with van der Waals surface area (Å²) in [4.78, 5) is 20.5. The number of methoxy groups -OCH3 is 1. The van der Waals surface area contributed by atoms with Crippen molar-refractivity contribution in [1.82, 2.24) is 24.7 Å². The highest BCUT2D eigenvalue weighted by atomic mass is 32.1. The van der Waals surface area contributed by atoms with Crippen molar-refractivity contribution in [2.75, 3.05) is 46.5 Å². The molecule has 200 valence electrons. The van der Waals surface area contributed by atoms with E-state index in [1.54, 1.807) is 25.4 Å². The summed E-state index contributed by atoms with van der Waals surface area (Å²) in [5.41, 5.74) is 4.55. The molecule has 11 heteroatoms. The van der Waals surface area contributed by atoms with Gasteiger partial charge < -0.3 is 24.3 Å². The van der Waals surface area contributed by atoms with Crippen molar-refractivity contribution < 1.29 is 14.4 Å². The topological polar surface area (TPSA) is 97.9 Å². The van der Waals surface area contributed by atoms with Crippen LogP contribution in [0, 0.1) is 24.0 Å². The minimum Gasteiger partial charge on any atom is -0.495 e. The number of aryl methyl sites for hydroxylation is 1. The quantitative estimate of drug-likeness (QED) is 0.262. The molecule has 4 heterocycles. The Morgan fingerprint density at radius 3 is 2.66 bits per heavy atom. The zero-order valence-corrected chi connectivity index (χ0v) is 22.6. The predicted molar refractivity (Wildman–Crippen MR) is 148 cm³/mol. The number of hydrogen-bond acceptors (Lipinski definition) is 7. The Kier molecular flexibility index (Phi) is 7.59. The zero-order valence-electron chi connectivity index (χ0n) is 21.8. The van der Waals surface area contributed by atoms with Gasteiger partial charge in [0.1, 0.15) is 5.75 Å². The highest BCUT2D eigenvalue weighted by Gasteiger charge is 2.41. The first-order chi connectivity index (χ1) is 18.4. The first-order valence-corrected chi connectivity index (χ1v) is 13.1. The van der Waals surface area contributed by atoms with Crippen LogP contribution in [0.5, 0.6) is 5.75 Å². The van der Waals surface area contributed by atoms with Crippen molar-refractivity contribution >= 4 is 23.0 Å². The van der Waals surface area contributed by atoms with Crippen LogP contribution < -0.4 is 10.1 Å². The lowest BCUT2D eigenvalue weighted by atomic mass is 9.96. The van der Waals surface area contributed by atoms with Crippen LogP contribution in [0.3, 0.4) is 0 Å². The van der Waals surface area contributed by atoms with Crippen LogP contribution in [0.2, 0.25) is 0 Å². The van der Waals surface area contributed by atoms with Crippen molar-refractivity contribution in [2.45, 2.75) is 25.9 Å². The van der Waals surface area contributed by atoms with Crippen LogP contribution in [-0.2, 0) is 4.74 Å². The van der Waals surface area contributed by atoms with Gasteiger partial charge >= 0.3 is 0 Å². The molecule has 2 aromatic heterocycles. The van der Waals surface area contributed by atoms with Gasteiger partial charge in [-0.15, -0.1) is 0 Å². The number of non-ortho nitro benzene ring substituents is 1. The minimum atomic E-state index is -0.387. The van der Waals surface area contributed by atoms with Gasteiger partial charge in [0, 0.05) is 55.9 Å². The van der Waals surface area contributed by atoms with Crippen molar-refractivity contribution in [2.24, 2.45) is 0 Å². The van der Waals surface area contributed by atoms with Crippen LogP contribution >= 0.6 is 12.2 Å². The maximum atomic E-state index is 11.6. The Bertz CT molecular complexity index is 1320. The molecule has 0 unspecified atom stereocenters. The smallest absolute Gasteiger partial charge is 0.271 e. The minimum absolute atomic E-state index is 0.0112. The van der Waals surface area contributed by atoms with Gasteiger partial charge in [-0.2, -0.15) is 0 Å². The lowest BCUT2D eigenvalue weighted by molar-refractivity contribution is -0.384. The van der Waals surface area contributed by atoms with E-state index in [1.807, 2.05) is 36.6 Å². The molecule has 5 rings (SSSR count). The van der Waals surface area contributed by atoms with Crippen LogP contribution in [0.1, 0.15) is 34.7 Å². The molecule has 2 aliphatic rings. The fourth-order valence-electron chi connectivity index (χ4n) is 5.48. The molecule has 38 heavy (non-hydrogen) atoms. The summed E-state index contributed by atoms with van der Waals surface area (Å²) in [7, 11) is 1.57. The van der Waals surface area contributed by atoms with Crippen LogP contribution in [0.4, 0.5) is 5.69 Å². The third-order valence-electron chi connectivity index (χ3n) is 7.36. The average molecular weight is 537 g/mol. The molecule has 2 fully saturated rings. The molecule has 3 aromatic rings. The standard InChI is InChI=1S/C27H32N6O4S/c1-18-16-21(19(2)32(18)23-17-20(33(34)35)7-8-24(23)36-3)26-25(22-6-4-5-9-28-22)29-27(38)31(26)11-10-30-12-14-37-15-13-30/h4-9,16-17,25-26H,10-15H2,1-3H3,(H,29,38)/t25-,26+/m0/s1. The molecule has 0 amide bonds. The molecule has 1 aromatic carbocycles. The molecule has 0 spiro atoms. The third kappa shape index (κ3) is 4.96. The Morgan fingerprint density at radius 2 is 1.97 bits per heavy atom. The average Bonchev–Trinajstić information content (AvgIpc) is 3.42. The second kappa shape index (κ2) is 11.1. The number of rotatable bonds is 8. The first-order valence-electron chi connectivity index (χ1n) is 12.7. The summed E-state index contributed by atoms with van der Waals surface area (Å²) in [5, 5.41) is 15.8. The lowest BCUT2D eigenvalue weighted by Crippen LogP contribution is -2.42. The van der Waals surface area contributed by atoms with Crippen molar-refractivity contribution in [3.8, 4) is 11.4 Å². The summed E-state index contributed by atoms with van der Waals surface area (Å²) in [6.45, 7) is 8.97. The normalized spacial score (nSPS) is 20.0. The van der Waals surface area contributed by atoms with E-state index in [-0.39, 0.29) is 22.7 Å². The van der Waals surface area contributed by atoms with Crippen LogP contribution in [0.25, 0.3) is 5.69 Å². The summed E-state index contributed by atoms with van der Waals surface area (Å²) < 4.78 is 13.1. The third-order valence-corrected chi connectivity index (χ3v) is 7.71. The number of nitrogens with zero attached hydrogens (tertiary/aromatic N) is 5. The van der Waals surface area contributed by atoms with E-state index in [1.165, 1.54) is 6.07 Å². The fraction of sp³-hybridized carbons (Fsp3) is 0.407. The van der Waals surface area contributed by atoms with Gasteiger partial charge in [-0.25, -0.2) is 0 Å². The summed E-state index contributed by atoms with van der Waals surface area (Å²) in [5.74, 6) is 0.564. The molecule has 0 radical (unpaired) electrons. The Hall–Kier alpha value is -3.54. The zero-order chi connectivity index (χ0) is 26.8. The second-order valence-corrected chi connectivity index (χ2v) is 9.94. The van der Waals surface area contributed by atoms with E-state index >= 15 is 0 Å². The van der Waals surface area contributed by atoms with E-state index in [9.17, 15) is 10.1 Å². The van der Waals surface area contributed by atoms with Gasteiger partial charge in [-0.3, -0.25) is 20.0 Å². The Labute approximate surface area is 227 Å². The highest BCUT2D eigenvalue weighted by molar-refractivity contribution is 7.80. The van der Waals surface area contributed by atoms with E-state index < -0.39 is 0 Å². The van der Waals surface area contributed by atoms with Crippen LogP contribution in [-0.4, -0.2) is 75.9 Å². The van der Waals surface area contributed by atoms with Gasteiger partial charge in [0.05, 0.1) is 48.7 Å². The van der Waals surface area contributed by atoms with E-state index in [2.05, 4.69) is 26.2 Å². The second-order valence-electron chi connectivity index (χ2n) is 9.55. The fourth-order valence-corrected chi connectivity index (χ4v) is 5.82. The summed E-state index contributed by atoms with van der Waals surface area (Å²) >= 11 is 5.87. The molecule has 0 bridgehead atoms. The summed E-state index contributed by atoms with van der Waals surface area (Å²) in [6, 6.07) is 12.5. The lowest BCUT2D eigenvalue weighted by Gasteiger charge is -2.32. The molecule has 2 atom stereocenters. The first kappa shape index (κ1) is 26.1. The number of pyridine rings is 1. The van der Waals surface area contributed by atoms with Gasteiger partial charge in [-0.05, 0) is 55.9 Å². The van der Waals surface area contributed by atoms with Crippen molar-refractivity contribution in [3.63, 3.8) is 0 Å². The maximum absolute atomic E-state index is 11.6. The number of benzene rings is 1. The SMILES string of the molecule is COc1ccc([N+](=O)[O-])cc1-n1c(C)cc([C@@H]2[C@H](c3ccccn3)NC(=S)N2CCN2CCOCC2)c1C. The van der Waals surface area contributed by atoms with E-state index in [0.717, 1.165) is 62.0 Å². The Morgan fingerprint density at radius 1 is 1.18 bits per heavy atom. The predicted octanol–water partition coefficient (Wildman–Crippen LogP) is 3.71. The molecule has 2 saturated heterocycles. The monoisotopic (exact) mass is 536 g/mol. The highest BCUT2D eigenvalue weighted by Crippen LogP contribution is 2.42. The Balaban J connectivity index is 1.57. The van der Waals surface area contributed by atoms with Gasteiger partial charge in [0.2, 0.25) is 0 Å². The van der Waals surface area contributed by atoms with Gasteiger partial charge in [0.15, 0.2) is 5.11 Å². The van der Waals surface area contributed by atoms with E-state index in [4.69, 9.17) is 21.7 Å². The van der Waals surface area contributed by atoms with Gasteiger partial charge in [0.25, 0.3) is 5.69 Å². The molecule has 1 N–H and O–H groups in total. The number of thiocarbonyl (C=S) groups is 1. The molecule has 2 aliphatic heterocycles. The number of aromatic nitrogens is 2. The van der Waals surface area contributed by atoms with Crippen LogP contribution in [0.15, 0.2) is 48.7 Å². The largest absolute Gasteiger partial charge is 0.495 e.